The maximum atomic E-state index is 11.7. The molecule has 2 fully saturated rings. The standard InChI is InChI=1S/C15H27NO4S/c1-12(2)21(18,19)16-14(17)7-3-4-9-15-10-5-6-13(15)8-11-20-15/h12-13H,3-11H2,1-2H3,(H,16,17). The van der Waals surface area contributed by atoms with E-state index in [1.807, 2.05) is 0 Å². The molecule has 0 radical (unpaired) electrons. The number of fused-ring (bicyclic) bond motifs is 1. The summed E-state index contributed by atoms with van der Waals surface area (Å²) in [6.45, 7) is 4.00. The molecule has 2 atom stereocenters. The number of amides is 1. The quantitative estimate of drug-likeness (QED) is 0.732. The third-order valence-corrected chi connectivity index (χ3v) is 6.64. The predicted octanol–water partition coefficient (Wildman–Crippen LogP) is 2.36. The Bertz CT molecular complexity index is 462. The summed E-state index contributed by atoms with van der Waals surface area (Å²) in [6, 6.07) is 0. The molecule has 0 bridgehead atoms. The Balaban J connectivity index is 1.69. The first-order valence-electron chi connectivity index (χ1n) is 8.04. The van der Waals surface area contributed by atoms with Gasteiger partial charge in [-0.25, -0.2) is 8.42 Å². The molecule has 0 aromatic carbocycles. The molecule has 1 aliphatic heterocycles. The van der Waals surface area contributed by atoms with Gasteiger partial charge in [-0.3, -0.25) is 9.52 Å². The van der Waals surface area contributed by atoms with E-state index in [0.717, 1.165) is 32.3 Å². The van der Waals surface area contributed by atoms with Crippen molar-refractivity contribution in [2.24, 2.45) is 5.92 Å². The van der Waals surface area contributed by atoms with Crippen LogP contribution in [-0.4, -0.2) is 31.8 Å². The topological polar surface area (TPSA) is 72.5 Å². The van der Waals surface area contributed by atoms with Crippen LogP contribution in [0.2, 0.25) is 0 Å². The number of sulfonamides is 1. The van der Waals surface area contributed by atoms with E-state index in [-0.39, 0.29) is 12.0 Å². The van der Waals surface area contributed by atoms with Crippen LogP contribution < -0.4 is 4.72 Å². The highest BCUT2D eigenvalue weighted by molar-refractivity contribution is 7.90. The minimum atomic E-state index is -3.49. The molecule has 1 aliphatic carbocycles. The van der Waals surface area contributed by atoms with Crippen LogP contribution in [0.15, 0.2) is 0 Å². The van der Waals surface area contributed by atoms with E-state index in [0.29, 0.717) is 5.92 Å². The fourth-order valence-corrected chi connectivity index (χ4v) is 4.21. The van der Waals surface area contributed by atoms with Crippen LogP contribution in [-0.2, 0) is 19.6 Å². The summed E-state index contributed by atoms with van der Waals surface area (Å²) >= 11 is 0. The molecule has 122 valence electrons. The van der Waals surface area contributed by atoms with Gasteiger partial charge in [0.1, 0.15) is 0 Å². The van der Waals surface area contributed by atoms with Crippen molar-refractivity contribution < 1.29 is 17.9 Å². The van der Waals surface area contributed by atoms with Gasteiger partial charge in [0.2, 0.25) is 15.9 Å². The van der Waals surface area contributed by atoms with E-state index in [1.165, 1.54) is 19.3 Å². The summed E-state index contributed by atoms with van der Waals surface area (Å²) in [5, 5.41) is -0.577. The van der Waals surface area contributed by atoms with Crippen LogP contribution in [0.1, 0.15) is 65.2 Å². The molecule has 5 nitrogen and oxygen atoms in total. The number of carbonyl (C=O) groups is 1. The largest absolute Gasteiger partial charge is 0.375 e. The minimum absolute atomic E-state index is 0.0699. The first kappa shape index (κ1) is 16.7. The van der Waals surface area contributed by atoms with Crippen molar-refractivity contribution in [2.75, 3.05) is 6.61 Å². The molecule has 0 aromatic heterocycles. The van der Waals surface area contributed by atoms with E-state index in [2.05, 4.69) is 4.72 Å². The van der Waals surface area contributed by atoms with Gasteiger partial charge in [0, 0.05) is 13.0 Å². The van der Waals surface area contributed by atoms with Crippen LogP contribution in [0.3, 0.4) is 0 Å². The Labute approximate surface area is 127 Å². The predicted molar refractivity (Wildman–Crippen MR) is 81.3 cm³/mol. The first-order chi connectivity index (χ1) is 9.86. The highest BCUT2D eigenvalue weighted by atomic mass is 32.2. The summed E-state index contributed by atoms with van der Waals surface area (Å²) in [6.07, 6.45) is 7.75. The number of hydrogen-bond donors (Lipinski definition) is 1. The Morgan fingerprint density at radius 3 is 2.81 bits per heavy atom. The van der Waals surface area contributed by atoms with Gasteiger partial charge >= 0.3 is 0 Å². The molecule has 2 aliphatic rings. The van der Waals surface area contributed by atoms with Gasteiger partial charge in [-0.1, -0.05) is 12.8 Å². The van der Waals surface area contributed by atoms with Crippen molar-refractivity contribution in [3.05, 3.63) is 0 Å². The lowest BCUT2D eigenvalue weighted by Gasteiger charge is -2.28. The highest BCUT2D eigenvalue weighted by Gasteiger charge is 2.46. The maximum absolute atomic E-state index is 11.7. The molecule has 6 heteroatoms. The molecular formula is C15H27NO4S. The summed E-state index contributed by atoms with van der Waals surface area (Å²) in [5.41, 5.74) is 0.0699. The highest BCUT2D eigenvalue weighted by Crippen LogP contribution is 2.48. The van der Waals surface area contributed by atoms with Crippen molar-refractivity contribution in [1.82, 2.24) is 4.72 Å². The van der Waals surface area contributed by atoms with Crippen molar-refractivity contribution in [1.29, 1.82) is 0 Å². The van der Waals surface area contributed by atoms with Crippen molar-refractivity contribution in [2.45, 2.75) is 76.1 Å². The lowest BCUT2D eigenvalue weighted by molar-refractivity contribution is -0.119. The van der Waals surface area contributed by atoms with Gasteiger partial charge in [0.05, 0.1) is 10.9 Å². The number of nitrogens with one attached hydrogen (secondary N) is 1. The Morgan fingerprint density at radius 2 is 2.10 bits per heavy atom. The van der Waals surface area contributed by atoms with Crippen LogP contribution >= 0.6 is 0 Å². The van der Waals surface area contributed by atoms with E-state index >= 15 is 0 Å². The zero-order chi connectivity index (χ0) is 15.5. The molecule has 1 saturated heterocycles. The van der Waals surface area contributed by atoms with Gasteiger partial charge in [0.15, 0.2) is 0 Å². The Hall–Kier alpha value is -0.620. The molecule has 2 rings (SSSR count). The van der Waals surface area contributed by atoms with Gasteiger partial charge in [-0.15, -0.1) is 0 Å². The van der Waals surface area contributed by atoms with Crippen molar-refractivity contribution in [3.8, 4) is 0 Å². The number of ether oxygens (including phenoxy) is 1. The Kier molecular flexibility index (Phi) is 5.30. The average molecular weight is 317 g/mol. The Morgan fingerprint density at radius 1 is 1.33 bits per heavy atom. The normalized spacial score (nSPS) is 28.8. The van der Waals surface area contributed by atoms with Crippen molar-refractivity contribution >= 4 is 15.9 Å². The number of hydrogen-bond acceptors (Lipinski definition) is 4. The zero-order valence-corrected chi connectivity index (χ0v) is 13.9. The van der Waals surface area contributed by atoms with Gasteiger partial charge < -0.3 is 4.74 Å². The van der Waals surface area contributed by atoms with E-state index in [4.69, 9.17) is 4.74 Å². The van der Waals surface area contributed by atoms with Crippen LogP contribution in [0.5, 0.6) is 0 Å². The van der Waals surface area contributed by atoms with Crippen molar-refractivity contribution in [3.63, 3.8) is 0 Å². The lowest BCUT2D eigenvalue weighted by Crippen LogP contribution is -2.35. The summed E-state index contributed by atoms with van der Waals surface area (Å²) in [5.74, 6) is 0.309. The monoisotopic (exact) mass is 317 g/mol. The second kappa shape index (κ2) is 6.65. The van der Waals surface area contributed by atoms with Crippen LogP contribution in [0, 0.1) is 5.92 Å². The summed E-state index contributed by atoms with van der Waals surface area (Å²) in [7, 11) is -3.49. The van der Waals surface area contributed by atoms with E-state index in [1.54, 1.807) is 13.8 Å². The smallest absolute Gasteiger partial charge is 0.237 e. The molecule has 0 aromatic rings. The van der Waals surface area contributed by atoms with Gasteiger partial charge in [0.25, 0.3) is 0 Å². The fraction of sp³-hybridized carbons (Fsp3) is 0.933. The average Bonchev–Trinajstić information content (AvgIpc) is 2.93. The SMILES string of the molecule is CC(C)S(=O)(=O)NC(=O)CCCCC12CCCC1CCO2. The number of rotatable bonds is 7. The second-order valence-corrected chi connectivity index (χ2v) is 8.85. The molecule has 2 unspecified atom stereocenters. The molecular weight excluding hydrogens is 290 g/mol. The fourth-order valence-electron chi connectivity index (χ4n) is 3.56. The van der Waals surface area contributed by atoms with Gasteiger partial charge in [-0.2, -0.15) is 0 Å². The van der Waals surface area contributed by atoms with Crippen LogP contribution in [0.25, 0.3) is 0 Å². The molecule has 1 saturated carbocycles. The number of unbranched alkanes of at least 4 members (excludes halogenated alkanes) is 1. The zero-order valence-electron chi connectivity index (χ0n) is 13.1. The lowest BCUT2D eigenvalue weighted by atomic mass is 9.86. The third kappa shape index (κ3) is 3.97. The molecule has 0 spiro atoms. The molecule has 1 N–H and O–H groups in total. The maximum Gasteiger partial charge on any atom is 0.237 e. The molecule has 21 heavy (non-hydrogen) atoms. The van der Waals surface area contributed by atoms with E-state index < -0.39 is 21.2 Å². The second-order valence-electron chi connectivity index (χ2n) is 6.62. The molecule has 1 heterocycles. The molecule has 1 amide bonds. The van der Waals surface area contributed by atoms with Crippen LogP contribution in [0.4, 0.5) is 0 Å². The van der Waals surface area contributed by atoms with E-state index in [9.17, 15) is 13.2 Å². The third-order valence-electron chi connectivity index (χ3n) is 4.88. The summed E-state index contributed by atoms with van der Waals surface area (Å²) < 4.78 is 31.3. The first-order valence-corrected chi connectivity index (χ1v) is 9.59. The minimum Gasteiger partial charge on any atom is -0.375 e. The van der Waals surface area contributed by atoms with Gasteiger partial charge in [-0.05, 0) is 51.9 Å². The summed E-state index contributed by atoms with van der Waals surface area (Å²) in [4.78, 5) is 11.7. The number of carbonyl (C=O) groups excluding carboxylic acids is 1.